The maximum absolute atomic E-state index is 4.52. The molecule has 2 aromatic rings. The summed E-state index contributed by atoms with van der Waals surface area (Å²) in [7, 11) is 2.13. The van der Waals surface area contributed by atoms with Crippen LogP contribution in [0.2, 0.25) is 0 Å². The summed E-state index contributed by atoms with van der Waals surface area (Å²) in [6, 6.07) is 4.34. The molecule has 1 N–H and O–H groups in total. The molecular weight excluding hydrogens is 284 g/mol. The Morgan fingerprint density at radius 1 is 1.17 bits per heavy atom. The molecule has 0 saturated heterocycles. The Hall–Kier alpha value is -1.58. The molecule has 0 aliphatic heterocycles. The summed E-state index contributed by atoms with van der Waals surface area (Å²) in [5.41, 5.74) is 2.55. The van der Waals surface area contributed by atoms with Crippen LogP contribution >= 0.6 is 0 Å². The average molecular weight is 316 g/mol. The van der Waals surface area contributed by atoms with Gasteiger partial charge in [-0.05, 0) is 44.2 Å². The van der Waals surface area contributed by atoms with Gasteiger partial charge in [0, 0.05) is 30.8 Å². The van der Waals surface area contributed by atoms with E-state index in [2.05, 4.69) is 66.6 Å². The molecular formula is C19H32N4. The van der Waals surface area contributed by atoms with E-state index in [0.717, 1.165) is 37.3 Å². The number of nitrogens with one attached hydrogen (secondary N) is 1. The molecule has 2 rings (SSSR count). The molecule has 0 bridgehead atoms. The number of hydrogen-bond acceptors (Lipinski definition) is 2. The largest absolute Gasteiger partial charge is 0.363 e. The molecule has 4 nitrogen and oxygen atoms in total. The maximum atomic E-state index is 4.52. The van der Waals surface area contributed by atoms with Crippen molar-refractivity contribution in [3.05, 3.63) is 35.2 Å². The Morgan fingerprint density at radius 2 is 1.96 bits per heavy atom. The van der Waals surface area contributed by atoms with Crippen molar-refractivity contribution in [3.63, 3.8) is 0 Å². The van der Waals surface area contributed by atoms with Crippen molar-refractivity contribution < 1.29 is 0 Å². The predicted octanol–water partition coefficient (Wildman–Crippen LogP) is 4.56. The van der Waals surface area contributed by atoms with Crippen LogP contribution in [0.1, 0.15) is 75.4 Å². The molecule has 0 saturated carbocycles. The molecule has 0 radical (unpaired) electrons. The molecule has 2 atom stereocenters. The van der Waals surface area contributed by atoms with Gasteiger partial charge in [-0.25, -0.2) is 0 Å². The first-order valence-corrected chi connectivity index (χ1v) is 9.07. The molecule has 0 aliphatic carbocycles. The predicted molar refractivity (Wildman–Crippen MR) is 95.7 cm³/mol. The number of rotatable bonds is 9. The molecule has 0 aliphatic rings. The highest BCUT2D eigenvalue weighted by molar-refractivity contribution is 5.12. The summed E-state index contributed by atoms with van der Waals surface area (Å²) >= 11 is 0. The van der Waals surface area contributed by atoms with Crippen LogP contribution in [0.5, 0.6) is 0 Å². The minimum Gasteiger partial charge on any atom is -0.363 e. The maximum Gasteiger partial charge on any atom is 0.135 e. The quantitative estimate of drug-likeness (QED) is 0.737. The molecule has 2 unspecified atom stereocenters. The smallest absolute Gasteiger partial charge is 0.135 e. The lowest BCUT2D eigenvalue weighted by Crippen LogP contribution is -2.11. The molecule has 0 spiro atoms. The summed E-state index contributed by atoms with van der Waals surface area (Å²) < 4.78 is 2.24. The Bertz CT molecular complexity index is 596. The van der Waals surface area contributed by atoms with E-state index in [9.17, 15) is 0 Å². The highest BCUT2D eigenvalue weighted by Gasteiger charge is 2.19. The first-order chi connectivity index (χ1) is 11.0. The van der Waals surface area contributed by atoms with Crippen LogP contribution in [0.4, 0.5) is 0 Å². The van der Waals surface area contributed by atoms with E-state index in [4.69, 9.17) is 0 Å². The average Bonchev–Trinajstić information content (AvgIpc) is 3.08. The first kappa shape index (κ1) is 17.8. The Kier molecular flexibility index (Phi) is 6.43. The second-order valence-electron chi connectivity index (χ2n) is 6.94. The fourth-order valence-corrected chi connectivity index (χ4v) is 3.37. The fourth-order valence-electron chi connectivity index (χ4n) is 3.37. The third kappa shape index (κ3) is 4.69. The third-order valence-corrected chi connectivity index (χ3v) is 4.82. The number of hydrogen-bond donors (Lipinski definition) is 1. The molecule has 0 amide bonds. The standard InChI is InChI=1S/C19H32N4/c1-6-8-14(3)13-18-21-22-19(23(18)5)16(7-2)10-12-17-11-9-15(4)20-17/h9,11,14,16,20H,6-8,10,12-13H2,1-5H3. The topological polar surface area (TPSA) is 46.5 Å². The van der Waals surface area contributed by atoms with Crippen LogP contribution in [-0.4, -0.2) is 19.7 Å². The molecule has 128 valence electrons. The summed E-state index contributed by atoms with van der Waals surface area (Å²) in [5, 5.41) is 8.99. The van der Waals surface area contributed by atoms with E-state index >= 15 is 0 Å². The van der Waals surface area contributed by atoms with E-state index in [0.29, 0.717) is 11.8 Å². The highest BCUT2D eigenvalue weighted by atomic mass is 15.3. The van der Waals surface area contributed by atoms with Crippen molar-refractivity contribution in [2.24, 2.45) is 13.0 Å². The van der Waals surface area contributed by atoms with Gasteiger partial charge in [0.25, 0.3) is 0 Å². The lowest BCUT2D eigenvalue weighted by atomic mass is 9.98. The van der Waals surface area contributed by atoms with Gasteiger partial charge in [0.2, 0.25) is 0 Å². The van der Waals surface area contributed by atoms with E-state index in [1.807, 2.05) is 0 Å². The zero-order valence-electron chi connectivity index (χ0n) is 15.4. The van der Waals surface area contributed by atoms with Crippen LogP contribution in [0.15, 0.2) is 12.1 Å². The Balaban J connectivity index is 2.01. The normalized spacial score (nSPS) is 14.1. The van der Waals surface area contributed by atoms with Crippen molar-refractivity contribution in [1.82, 2.24) is 19.7 Å². The summed E-state index contributed by atoms with van der Waals surface area (Å²) in [6.07, 6.45) is 6.82. The number of nitrogens with zero attached hydrogens (tertiary/aromatic N) is 3. The lowest BCUT2D eigenvalue weighted by Gasteiger charge is -2.15. The fraction of sp³-hybridized carbons (Fsp3) is 0.684. The van der Waals surface area contributed by atoms with Gasteiger partial charge in [-0.1, -0.05) is 33.6 Å². The van der Waals surface area contributed by atoms with Crippen molar-refractivity contribution >= 4 is 0 Å². The van der Waals surface area contributed by atoms with E-state index < -0.39 is 0 Å². The third-order valence-electron chi connectivity index (χ3n) is 4.82. The van der Waals surface area contributed by atoms with E-state index in [-0.39, 0.29) is 0 Å². The number of aromatic nitrogens is 4. The first-order valence-electron chi connectivity index (χ1n) is 9.07. The lowest BCUT2D eigenvalue weighted by molar-refractivity contribution is 0.494. The minimum atomic E-state index is 0.478. The summed E-state index contributed by atoms with van der Waals surface area (Å²) in [4.78, 5) is 3.42. The van der Waals surface area contributed by atoms with Gasteiger partial charge in [-0.3, -0.25) is 0 Å². The van der Waals surface area contributed by atoms with E-state index in [1.54, 1.807) is 0 Å². The van der Waals surface area contributed by atoms with E-state index in [1.165, 1.54) is 24.2 Å². The van der Waals surface area contributed by atoms with Crippen LogP contribution in [-0.2, 0) is 19.9 Å². The molecule has 4 heteroatoms. The molecule has 23 heavy (non-hydrogen) atoms. The van der Waals surface area contributed by atoms with Crippen LogP contribution in [0.25, 0.3) is 0 Å². The number of aryl methyl sites for hydroxylation is 2. The number of aromatic amines is 1. The molecule has 2 aromatic heterocycles. The van der Waals surface area contributed by atoms with Crippen LogP contribution in [0.3, 0.4) is 0 Å². The second kappa shape index (κ2) is 8.32. The van der Waals surface area contributed by atoms with Gasteiger partial charge >= 0.3 is 0 Å². The molecule has 0 aromatic carbocycles. The Labute approximate surface area is 140 Å². The summed E-state index contributed by atoms with van der Waals surface area (Å²) in [5.74, 6) is 3.44. The minimum absolute atomic E-state index is 0.478. The van der Waals surface area contributed by atoms with Crippen molar-refractivity contribution in [3.8, 4) is 0 Å². The SMILES string of the molecule is CCCC(C)Cc1nnc(C(CC)CCc2ccc(C)[nH]2)n1C. The van der Waals surface area contributed by atoms with Gasteiger partial charge in [0.15, 0.2) is 0 Å². The van der Waals surface area contributed by atoms with Gasteiger partial charge in [0.05, 0.1) is 0 Å². The number of H-pyrrole nitrogens is 1. The van der Waals surface area contributed by atoms with Crippen molar-refractivity contribution in [1.29, 1.82) is 0 Å². The molecule has 2 heterocycles. The zero-order valence-corrected chi connectivity index (χ0v) is 15.4. The zero-order chi connectivity index (χ0) is 16.8. The van der Waals surface area contributed by atoms with Gasteiger partial charge in [-0.15, -0.1) is 10.2 Å². The second-order valence-corrected chi connectivity index (χ2v) is 6.94. The van der Waals surface area contributed by atoms with Gasteiger partial charge in [-0.2, -0.15) is 0 Å². The Morgan fingerprint density at radius 3 is 2.57 bits per heavy atom. The van der Waals surface area contributed by atoms with Crippen LogP contribution < -0.4 is 0 Å². The highest BCUT2D eigenvalue weighted by Crippen LogP contribution is 2.24. The summed E-state index contributed by atoms with van der Waals surface area (Å²) in [6.45, 7) is 8.91. The van der Waals surface area contributed by atoms with Crippen molar-refractivity contribution in [2.45, 2.75) is 72.1 Å². The molecule has 0 fully saturated rings. The van der Waals surface area contributed by atoms with Gasteiger partial charge < -0.3 is 9.55 Å². The van der Waals surface area contributed by atoms with Gasteiger partial charge in [0.1, 0.15) is 11.6 Å². The van der Waals surface area contributed by atoms with Crippen LogP contribution in [0, 0.1) is 12.8 Å². The van der Waals surface area contributed by atoms with Crippen molar-refractivity contribution in [2.75, 3.05) is 0 Å². The monoisotopic (exact) mass is 316 g/mol.